The smallest absolute Gasteiger partial charge is 0.223 e. The number of carbonyl (C=O) groups excluding carboxylic acids is 1. The number of rotatable bonds is 6. The maximum Gasteiger partial charge on any atom is 0.223 e. The second kappa shape index (κ2) is 7.27. The van der Waals surface area contributed by atoms with Crippen molar-refractivity contribution in [2.24, 2.45) is 5.73 Å². The van der Waals surface area contributed by atoms with Gasteiger partial charge in [-0.2, -0.15) is 0 Å². The molecule has 1 fully saturated rings. The first-order chi connectivity index (χ1) is 10.0. The molecule has 0 aromatic heterocycles. The highest BCUT2D eigenvalue weighted by molar-refractivity contribution is 9.10. The molecule has 0 spiro atoms. The summed E-state index contributed by atoms with van der Waals surface area (Å²) in [4.78, 5) is 12.0. The second-order valence-electron chi connectivity index (χ2n) is 5.77. The molecular formula is C16H23BrN2O2. The van der Waals surface area contributed by atoms with Gasteiger partial charge in [-0.05, 0) is 53.4 Å². The predicted octanol–water partition coefficient (Wildman–Crippen LogP) is 2.91. The summed E-state index contributed by atoms with van der Waals surface area (Å²) in [5, 5.41) is 3.10. The van der Waals surface area contributed by atoms with E-state index >= 15 is 0 Å². The SMILES string of the molecule is Cc1ccc(OCCC(=O)NC2(CN)CCCC2)c(Br)c1. The Balaban J connectivity index is 1.79. The summed E-state index contributed by atoms with van der Waals surface area (Å²) in [5.41, 5.74) is 6.80. The zero-order valence-electron chi connectivity index (χ0n) is 12.5. The molecule has 5 heteroatoms. The first-order valence-corrected chi connectivity index (χ1v) is 8.24. The molecule has 0 bridgehead atoms. The van der Waals surface area contributed by atoms with E-state index < -0.39 is 0 Å². The highest BCUT2D eigenvalue weighted by Gasteiger charge is 2.33. The van der Waals surface area contributed by atoms with Crippen molar-refractivity contribution >= 4 is 21.8 Å². The van der Waals surface area contributed by atoms with Gasteiger partial charge in [0.1, 0.15) is 5.75 Å². The molecule has 2 rings (SSSR count). The van der Waals surface area contributed by atoms with Gasteiger partial charge in [-0.25, -0.2) is 0 Å². The molecule has 0 heterocycles. The summed E-state index contributed by atoms with van der Waals surface area (Å²) in [7, 11) is 0. The van der Waals surface area contributed by atoms with Crippen molar-refractivity contribution in [3.05, 3.63) is 28.2 Å². The molecular weight excluding hydrogens is 332 g/mol. The molecule has 1 aliphatic rings. The van der Waals surface area contributed by atoms with E-state index in [9.17, 15) is 4.79 Å². The summed E-state index contributed by atoms with van der Waals surface area (Å²) in [6.07, 6.45) is 4.61. The van der Waals surface area contributed by atoms with E-state index in [1.165, 1.54) is 0 Å². The number of halogens is 1. The second-order valence-corrected chi connectivity index (χ2v) is 6.63. The summed E-state index contributed by atoms with van der Waals surface area (Å²) >= 11 is 3.46. The first-order valence-electron chi connectivity index (χ1n) is 7.45. The number of benzene rings is 1. The van der Waals surface area contributed by atoms with Crippen molar-refractivity contribution in [1.29, 1.82) is 0 Å². The van der Waals surface area contributed by atoms with E-state index in [4.69, 9.17) is 10.5 Å². The summed E-state index contributed by atoms with van der Waals surface area (Å²) in [6.45, 7) is 2.91. The van der Waals surface area contributed by atoms with Gasteiger partial charge in [0, 0.05) is 6.54 Å². The zero-order valence-corrected chi connectivity index (χ0v) is 14.0. The first kappa shape index (κ1) is 16.3. The van der Waals surface area contributed by atoms with Crippen LogP contribution in [-0.4, -0.2) is 24.6 Å². The van der Waals surface area contributed by atoms with Crippen LogP contribution in [-0.2, 0) is 4.79 Å². The van der Waals surface area contributed by atoms with Crippen LogP contribution in [0.25, 0.3) is 0 Å². The van der Waals surface area contributed by atoms with Crippen LogP contribution in [0.3, 0.4) is 0 Å². The van der Waals surface area contributed by atoms with E-state index in [0.29, 0.717) is 19.6 Å². The number of aryl methyl sites for hydroxylation is 1. The van der Waals surface area contributed by atoms with Crippen molar-refractivity contribution in [3.8, 4) is 5.75 Å². The fourth-order valence-electron chi connectivity index (χ4n) is 2.77. The number of nitrogens with two attached hydrogens (primary N) is 1. The van der Waals surface area contributed by atoms with Gasteiger partial charge in [0.05, 0.1) is 23.0 Å². The molecule has 21 heavy (non-hydrogen) atoms. The van der Waals surface area contributed by atoms with Crippen LogP contribution in [0.4, 0.5) is 0 Å². The third-order valence-corrected chi connectivity index (χ3v) is 4.65. The molecule has 0 atom stereocenters. The standard InChI is InChI=1S/C16H23BrN2O2/c1-12-4-5-14(13(17)10-12)21-9-6-15(20)19-16(11-18)7-2-3-8-16/h4-5,10H,2-3,6-9,11,18H2,1H3,(H,19,20). The lowest BCUT2D eigenvalue weighted by atomic mass is 9.98. The van der Waals surface area contributed by atoms with Gasteiger partial charge in [-0.3, -0.25) is 4.79 Å². The third-order valence-electron chi connectivity index (χ3n) is 4.03. The Hall–Kier alpha value is -1.07. The van der Waals surface area contributed by atoms with Gasteiger partial charge in [0.2, 0.25) is 5.91 Å². The van der Waals surface area contributed by atoms with Gasteiger partial charge < -0.3 is 15.8 Å². The number of carbonyl (C=O) groups is 1. The van der Waals surface area contributed by atoms with Crippen LogP contribution in [0.1, 0.15) is 37.7 Å². The Morgan fingerprint density at radius 2 is 2.14 bits per heavy atom. The minimum atomic E-state index is -0.179. The van der Waals surface area contributed by atoms with Crippen LogP contribution in [0.5, 0.6) is 5.75 Å². The fourth-order valence-corrected chi connectivity index (χ4v) is 3.37. The van der Waals surface area contributed by atoms with E-state index in [-0.39, 0.29) is 11.4 Å². The van der Waals surface area contributed by atoms with Crippen LogP contribution >= 0.6 is 15.9 Å². The van der Waals surface area contributed by atoms with Crippen molar-refractivity contribution < 1.29 is 9.53 Å². The Morgan fingerprint density at radius 3 is 2.76 bits per heavy atom. The molecule has 0 aliphatic heterocycles. The lowest BCUT2D eigenvalue weighted by Crippen LogP contribution is -2.51. The normalized spacial score (nSPS) is 16.7. The van der Waals surface area contributed by atoms with Crippen LogP contribution < -0.4 is 15.8 Å². The Labute approximate surface area is 134 Å². The minimum Gasteiger partial charge on any atom is -0.492 e. The van der Waals surface area contributed by atoms with Crippen molar-refractivity contribution in [3.63, 3.8) is 0 Å². The minimum absolute atomic E-state index is 0.0191. The van der Waals surface area contributed by atoms with Crippen LogP contribution in [0, 0.1) is 6.92 Å². The summed E-state index contributed by atoms with van der Waals surface area (Å²) in [6, 6.07) is 5.90. The Morgan fingerprint density at radius 1 is 1.43 bits per heavy atom. The number of ether oxygens (including phenoxy) is 1. The summed E-state index contributed by atoms with van der Waals surface area (Å²) in [5.74, 6) is 0.786. The van der Waals surface area contributed by atoms with Crippen molar-refractivity contribution in [2.45, 2.75) is 44.6 Å². The van der Waals surface area contributed by atoms with E-state index in [1.807, 2.05) is 25.1 Å². The molecule has 0 radical (unpaired) electrons. The van der Waals surface area contributed by atoms with Crippen molar-refractivity contribution in [2.75, 3.05) is 13.2 Å². The molecule has 1 saturated carbocycles. The molecule has 0 unspecified atom stereocenters. The van der Waals surface area contributed by atoms with Crippen LogP contribution in [0.15, 0.2) is 22.7 Å². The number of hydrogen-bond acceptors (Lipinski definition) is 3. The maximum atomic E-state index is 12.0. The predicted molar refractivity (Wildman–Crippen MR) is 87.4 cm³/mol. The highest BCUT2D eigenvalue weighted by Crippen LogP contribution is 2.29. The van der Waals surface area contributed by atoms with Gasteiger partial charge in [-0.15, -0.1) is 0 Å². The molecule has 0 saturated heterocycles. The monoisotopic (exact) mass is 354 g/mol. The lowest BCUT2D eigenvalue weighted by molar-refractivity contribution is -0.123. The molecule has 1 aromatic carbocycles. The van der Waals surface area contributed by atoms with Crippen LogP contribution in [0.2, 0.25) is 0 Å². The Bertz CT molecular complexity index is 499. The number of hydrogen-bond donors (Lipinski definition) is 2. The van der Waals surface area contributed by atoms with Gasteiger partial charge in [-0.1, -0.05) is 18.9 Å². The molecule has 1 aliphatic carbocycles. The average molecular weight is 355 g/mol. The highest BCUT2D eigenvalue weighted by atomic mass is 79.9. The molecule has 3 N–H and O–H groups in total. The van der Waals surface area contributed by atoms with E-state index in [0.717, 1.165) is 41.5 Å². The maximum absolute atomic E-state index is 12.0. The quantitative estimate of drug-likeness (QED) is 0.825. The molecule has 4 nitrogen and oxygen atoms in total. The Kier molecular flexibility index (Phi) is 5.65. The third kappa shape index (κ3) is 4.45. The molecule has 1 amide bonds. The van der Waals surface area contributed by atoms with Gasteiger partial charge >= 0.3 is 0 Å². The summed E-state index contributed by atoms with van der Waals surface area (Å²) < 4.78 is 6.57. The average Bonchev–Trinajstić information content (AvgIpc) is 2.90. The molecule has 1 aromatic rings. The van der Waals surface area contributed by atoms with Crippen molar-refractivity contribution in [1.82, 2.24) is 5.32 Å². The number of nitrogens with one attached hydrogen (secondary N) is 1. The molecule has 116 valence electrons. The number of amides is 1. The van der Waals surface area contributed by atoms with Gasteiger partial charge in [0.15, 0.2) is 0 Å². The zero-order chi connectivity index (χ0) is 15.3. The fraction of sp³-hybridized carbons (Fsp3) is 0.562. The van der Waals surface area contributed by atoms with Gasteiger partial charge in [0.25, 0.3) is 0 Å². The largest absolute Gasteiger partial charge is 0.492 e. The topological polar surface area (TPSA) is 64.3 Å². The lowest BCUT2D eigenvalue weighted by Gasteiger charge is -2.28. The van der Waals surface area contributed by atoms with E-state index in [2.05, 4.69) is 21.2 Å². The van der Waals surface area contributed by atoms with E-state index in [1.54, 1.807) is 0 Å².